The Balaban J connectivity index is 2.28. The Hall–Kier alpha value is -2.60. The third-order valence-electron chi connectivity index (χ3n) is 3.96. The van der Waals surface area contributed by atoms with E-state index in [-0.39, 0.29) is 12.0 Å². The van der Waals surface area contributed by atoms with E-state index in [2.05, 4.69) is 10.3 Å². The molecule has 0 saturated carbocycles. The maximum atomic E-state index is 12.8. The molecule has 6 nitrogen and oxygen atoms in total. The second-order valence-corrected chi connectivity index (χ2v) is 6.93. The van der Waals surface area contributed by atoms with Gasteiger partial charge in [-0.1, -0.05) is 18.2 Å². The van der Waals surface area contributed by atoms with Crippen molar-refractivity contribution >= 4 is 17.6 Å². The van der Waals surface area contributed by atoms with Gasteiger partial charge in [-0.25, -0.2) is 4.79 Å². The Kier molecular flexibility index (Phi) is 6.21. The lowest BCUT2D eigenvalue weighted by atomic mass is 10.1. The van der Waals surface area contributed by atoms with E-state index in [1.54, 1.807) is 27.7 Å². The van der Waals surface area contributed by atoms with Gasteiger partial charge in [-0.3, -0.25) is 4.79 Å². The van der Waals surface area contributed by atoms with Crippen LogP contribution >= 0.6 is 0 Å². The number of esters is 1. The van der Waals surface area contributed by atoms with Gasteiger partial charge in [0.15, 0.2) is 0 Å². The number of aryl methyl sites for hydroxylation is 1. The SMILES string of the molecule is Cc1[nH]c(C(=O)Nc2ccccc2CN(C)C)c(C)c1C(=O)OC(C)C. The predicted molar refractivity (Wildman–Crippen MR) is 103 cm³/mol. The smallest absolute Gasteiger partial charge is 0.340 e. The van der Waals surface area contributed by atoms with Crippen LogP contribution in [0.5, 0.6) is 0 Å². The van der Waals surface area contributed by atoms with Crippen LogP contribution in [0.1, 0.15) is 51.5 Å². The van der Waals surface area contributed by atoms with Gasteiger partial charge in [0.2, 0.25) is 0 Å². The molecule has 0 bridgehead atoms. The zero-order chi connectivity index (χ0) is 19.4. The van der Waals surface area contributed by atoms with E-state index in [4.69, 9.17) is 4.74 Å². The number of hydrogen-bond acceptors (Lipinski definition) is 4. The molecule has 1 aromatic heterocycles. The first-order valence-corrected chi connectivity index (χ1v) is 8.64. The van der Waals surface area contributed by atoms with Gasteiger partial charge in [0.25, 0.3) is 5.91 Å². The van der Waals surface area contributed by atoms with Gasteiger partial charge in [0, 0.05) is 17.9 Å². The summed E-state index contributed by atoms with van der Waals surface area (Å²) >= 11 is 0. The highest BCUT2D eigenvalue weighted by Gasteiger charge is 2.24. The molecule has 1 amide bonds. The van der Waals surface area contributed by atoms with Crippen molar-refractivity contribution in [3.63, 3.8) is 0 Å². The zero-order valence-corrected chi connectivity index (χ0v) is 16.3. The Bertz CT molecular complexity index is 807. The highest BCUT2D eigenvalue weighted by Crippen LogP contribution is 2.22. The van der Waals surface area contributed by atoms with Crippen LogP contribution < -0.4 is 5.32 Å². The monoisotopic (exact) mass is 357 g/mol. The minimum atomic E-state index is -0.418. The van der Waals surface area contributed by atoms with Crippen LogP contribution in [-0.2, 0) is 11.3 Å². The van der Waals surface area contributed by atoms with E-state index in [1.807, 2.05) is 43.3 Å². The lowest BCUT2D eigenvalue weighted by molar-refractivity contribution is 0.0376. The topological polar surface area (TPSA) is 74.4 Å². The van der Waals surface area contributed by atoms with Crippen LogP contribution in [-0.4, -0.2) is 42.0 Å². The third-order valence-corrected chi connectivity index (χ3v) is 3.96. The molecule has 0 aliphatic carbocycles. The molecular weight excluding hydrogens is 330 g/mol. The molecule has 1 aromatic carbocycles. The molecule has 0 saturated heterocycles. The van der Waals surface area contributed by atoms with Gasteiger partial charge >= 0.3 is 5.97 Å². The largest absolute Gasteiger partial charge is 0.459 e. The predicted octanol–water partition coefficient (Wildman–Crippen LogP) is 3.51. The van der Waals surface area contributed by atoms with Gasteiger partial charge in [0.05, 0.1) is 11.7 Å². The minimum absolute atomic E-state index is 0.216. The first-order chi connectivity index (χ1) is 12.2. The number of aromatic nitrogens is 1. The van der Waals surface area contributed by atoms with Crippen LogP contribution in [0.3, 0.4) is 0 Å². The standard InChI is InChI=1S/C20H27N3O3/c1-12(2)26-20(25)17-13(3)18(21-14(17)4)19(24)22-16-10-8-7-9-15(16)11-23(5)6/h7-10,12,21H,11H2,1-6H3,(H,22,24). The molecule has 140 valence electrons. The first-order valence-electron chi connectivity index (χ1n) is 8.64. The molecule has 0 radical (unpaired) electrons. The van der Waals surface area contributed by atoms with Crippen molar-refractivity contribution in [2.45, 2.75) is 40.3 Å². The number of rotatable bonds is 6. The number of amides is 1. The molecule has 0 fully saturated rings. The molecule has 2 rings (SSSR count). The van der Waals surface area contributed by atoms with E-state index < -0.39 is 5.97 Å². The van der Waals surface area contributed by atoms with Crippen LogP contribution in [0.25, 0.3) is 0 Å². The van der Waals surface area contributed by atoms with Gasteiger partial charge in [-0.2, -0.15) is 0 Å². The molecular formula is C20H27N3O3. The van der Waals surface area contributed by atoms with Gasteiger partial charge < -0.3 is 19.9 Å². The number of nitrogens with one attached hydrogen (secondary N) is 2. The summed E-state index contributed by atoms with van der Waals surface area (Å²) in [7, 11) is 3.95. The molecule has 1 heterocycles. The number of anilines is 1. The van der Waals surface area contributed by atoms with Crippen LogP contribution in [0, 0.1) is 13.8 Å². The fourth-order valence-electron chi connectivity index (χ4n) is 2.86. The number of H-pyrrole nitrogens is 1. The van der Waals surface area contributed by atoms with E-state index in [0.717, 1.165) is 11.3 Å². The van der Waals surface area contributed by atoms with Crippen molar-refractivity contribution in [2.75, 3.05) is 19.4 Å². The Morgan fingerprint density at radius 2 is 1.85 bits per heavy atom. The number of ether oxygens (including phenoxy) is 1. The number of para-hydroxylation sites is 1. The fraction of sp³-hybridized carbons (Fsp3) is 0.400. The average Bonchev–Trinajstić information content (AvgIpc) is 2.83. The summed E-state index contributed by atoms with van der Waals surface area (Å²) in [6, 6.07) is 7.68. The maximum absolute atomic E-state index is 12.8. The van der Waals surface area contributed by atoms with Crippen molar-refractivity contribution in [3.05, 3.63) is 52.3 Å². The summed E-state index contributed by atoms with van der Waals surface area (Å²) in [5.41, 5.74) is 3.79. The molecule has 0 spiro atoms. The number of carbonyl (C=O) groups excluding carboxylic acids is 2. The molecule has 0 unspecified atom stereocenters. The van der Waals surface area contributed by atoms with Crippen molar-refractivity contribution in [3.8, 4) is 0 Å². The Labute approximate surface area is 154 Å². The Morgan fingerprint density at radius 3 is 2.46 bits per heavy atom. The first kappa shape index (κ1) is 19.7. The fourth-order valence-corrected chi connectivity index (χ4v) is 2.86. The van der Waals surface area contributed by atoms with Crippen molar-refractivity contribution < 1.29 is 14.3 Å². The second-order valence-electron chi connectivity index (χ2n) is 6.93. The number of benzene rings is 1. The molecule has 2 aromatic rings. The van der Waals surface area contributed by atoms with E-state index in [1.165, 1.54) is 0 Å². The third kappa shape index (κ3) is 4.52. The van der Waals surface area contributed by atoms with E-state index >= 15 is 0 Å². The van der Waals surface area contributed by atoms with Gasteiger partial charge in [-0.05, 0) is 59.0 Å². The average molecular weight is 357 g/mol. The summed E-state index contributed by atoms with van der Waals surface area (Å²) in [5, 5.41) is 2.94. The number of hydrogen-bond donors (Lipinski definition) is 2. The number of aromatic amines is 1. The summed E-state index contributed by atoms with van der Waals surface area (Å²) in [6.45, 7) is 7.82. The van der Waals surface area contributed by atoms with Gasteiger partial charge in [-0.15, -0.1) is 0 Å². The molecule has 0 atom stereocenters. The highest BCUT2D eigenvalue weighted by molar-refractivity contribution is 6.07. The lowest BCUT2D eigenvalue weighted by Crippen LogP contribution is -2.18. The quantitative estimate of drug-likeness (QED) is 0.776. The van der Waals surface area contributed by atoms with Crippen molar-refractivity contribution in [1.82, 2.24) is 9.88 Å². The second kappa shape index (κ2) is 8.19. The van der Waals surface area contributed by atoms with Crippen molar-refractivity contribution in [2.24, 2.45) is 0 Å². The molecule has 6 heteroatoms. The summed E-state index contributed by atoms with van der Waals surface area (Å²) in [5.74, 6) is -0.696. The Morgan fingerprint density at radius 1 is 1.19 bits per heavy atom. The van der Waals surface area contributed by atoms with Crippen LogP contribution in [0.2, 0.25) is 0 Å². The molecule has 2 N–H and O–H groups in total. The normalized spacial score (nSPS) is 11.1. The number of nitrogens with zero attached hydrogens (tertiary/aromatic N) is 1. The summed E-state index contributed by atoms with van der Waals surface area (Å²) < 4.78 is 5.28. The van der Waals surface area contributed by atoms with Crippen LogP contribution in [0.15, 0.2) is 24.3 Å². The molecule has 0 aliphatic heterocycles. The maximum Gasteiger partial charge on any atom is 0.340 e. The number of carbonyl (C=O) groups is 2. The van der Waals surface area contributed by atoms with Crippen molar-refractivity contribution in [1.29, 1.82) is 0 Å². The lowest BCUT2D eigenvalue weighted by Gasteiger charge is -2.14. The van der Waals surface area contributed by atoms with E-state index in [0.29, 0.717) is 29.1 Å². The van der Waals surface area contributed by atoms with Crippen LogP contribution in [0.4, 0.5) is 5.69 Å². The highest BCUT2D eigenvalue weighted by atomic mass is 16.5. The molecule has 26 heavy (non-hydrogen) atoms. The van der Waals surface area contributed by atoms with E-state index in [9.17, 15) is 9.59 Å². The minimum Gasteiger partial charge on any atom is -0.459 e. The zero-order valence-electron chi connectivity index (χ0n) is 16.3. The summed E-state index contributed by atoms with van der Waals surface area (Å²) in [6.07, 6.45) is -0.216. The van der Waals surface area contributed by atoms with Gasteiger partial charge in [0.1, 0.15) is 5.69 Å². The molecule has 0 aliphatic rings. The summed E-state index contributed by atoms with van der Waals surface area (Å²) in [4.78, 5) is 30.1.